The van der Waals surface area contributed by atoms with E-state index in [4.69, 9.17) is 9.57 Å². The number of oxime groups is 1. The Morgan fingerprint density at radius 3 is 2.16 bits per heavy atom. The van der Waals surface area contributed by atoms with Crippen LogP contribution in [0.2, 0.25) is 0 Å². The second-order valence-electron chi connectivity index (χ2n) is 7.96. The van der Waals surface area contributed by atoms with Gasteiger partial charge in [-0.2, -0.15) is 0 Å². The van der Waals surface area contributed by atoms with Gasteiger partial charge in [0.25, 0.3) is 0 Å². The topological polar surface area (TPSA) is 30.8 Å². The summed E-state index contributed by atoms with van der Waals surface area (Å²) in [6.07, 6.45) is 6.01. The van der Waals surface area contributed by atoms with E-state index in [2.05, 4.69) is 52.2 Å². The smallest absolute Gasteiger partial charge is 0.230 e. The predicted molar refractivity (Wildman–Crippen MR) is 94.9 cm³/mol. The molecule has 148 valence electrons. The number of ether oxygens (including phenoxy) is 1. The van der Waals surface area contributed by atoms with Crippen LogP contribution in [0.5, 0.6) is 0 Å². The Hall–Kier alpha value is -0.290. The van der Waals surface area contributed by atoms with Crippen molar-refractivity contribution in [3.63, 3.8) is 0 Å². The van der Waals surface area contributed by atoms with Gasteiger partial charge in [0.05, 0.1) is 54.7 Å². The van der Waals surface area contributed by atoms with Gasteiger partial charge in [-0.15, -0.1) is 0 Å². The van der Waals surface area contributed by atoms with Crippen molar-refractivity contribution in [3.05, 3.63) is 0 Å². The first-order chi connectivity index (χ1) is 10.8. The highest BCUT2D eigenvalue weighted by atomic mass is 79.9. The van der Waals surface area contributed by atoms with Crippen LogP contribution in [0.1, 0.15) is 32.1 Å². The van der Waals surface area contributed by atoms with Crippen molar-refractivity contribution in [2.75, 3.05) is 68.1 Å². The number of unbranched alkanes of at least 4 members (excludes halogenated alkanes) is 3. The maximum absolute atomic E-state index is 5.41. The van der Waals surface area contributed by atoms with Gasteiger partial charge in [0.15, 0.2) is 6.61 Å². The van der Waals surface area contributed by atoms with E-state index in [1.54, 1.807) is 0 Å². The lowest BCUT2D eigenvalue weighted by molar-refractivity contribution is -0.883. The monoisotopic (exact) mass is 483 g/mol. The minimum atomic E-state index is 0. The minimum absolute atomic E-state index is 0. The summed E-state index contributed by atoms with van der Waals surface area (Å²) in [5, 5.41) is 3.78. The molecule has 1 rings (SSSR count). The number of hydrogen-bond donors (Lipinski definition) is 0. The summed E-state index contributed by atoms with van der Waals surface area (Å²) in [7, 11) is 11.3. The molecule has 0 aromatic heterocycles. The predicted octanol–water partition coefficient (Wildman–Crippen LogP) is -3.91. The van der Waals surface area contributed by atoms with Gasteiger partial charge in [0.1, 0.15) is 13.2 Å². The summed E-state index contributed by atoms with van der Waals surface area (Å²) in [6.45, 7) is 4.35. The Labute approximate surface area is 175 Å². The standard InChI is InChI=1S/C18H35N3O2.2BrH/c1-20(2,3)13-8-6-7-9-14-21(4,5)15-10-11-16-22-18-12-17-23-19-18;;/h6-9,12-17H2,1-5H3;2*1H/q+2;;/p-2. The van der Waals surface area contributed by atoms with Gasteiger partial charge in [-0.3, -0.25) is 0 Å². The molecule has 0 saturated carbocycles. The van der Waals surface area contributed by atoms with E-state index in [0.29, 0.717) is 19.1 Å². The van der Waals surface area contributed by atoms with Gasteiger partial charge in [-0.1, -0.05) is 11.1 Å². The van der Waals surface area contributed by atoms with E-state index in [1.807, 2.05) is 0 Å². The van der Waals surface area contributed by atoms with Crippen molar-refractivity contribution in [3.8, 4) is 11.8 Å². The van der Waals surface area contributed by atoms with Crippen LogP contribution in [0.15, 0.2) is 5.16 Å². The van der Waals surface area contributed by atoms with E-state index in [0.717, 1.165) is 21.9 Å². The van der Waals surface area contributed by atoms with Gasteiger partial charge in [-0.25, -0.2) is 0 Å². The molecule has 0 fully saturated rings. The van der Waals surface area contributed by atoms with Gasteiger partial charge in [0, 0.05) is 0 Å². The van der Waals surface area contributed by atoms with E-state index in [1.165, 1.54) is 38.8 Å². The fourth-order valence-electron chi connectivity index (χ4n) is 2.39. The first kappa shape index (κ1) is 26.9. The van der Waals surface area contributed by atoms with E-state index < -0.39 is 0 Å². The average molecular weight is 485 g/mol. The summed E-state index contributed by atoms with van der Waals surface area (Å²) in [5.41, 5.74) is 0. The fourth-order valence-corrected chi connectivity index (χ4v) is 2.39. The highest BCUT2D eigenvalue weighted by Crippen LogP contribution is 2.07. The molecule has 0 saturated heterocycles. The lowest BCUT2D eigenvalue weighted by atomic mass is 10.1. The zero-order valence-electron chi connectivity index (χ0n) is 16.5. The second kappa shape index (κ2) is 13.9. The fraction of sp³-hybridized carbons (Fsp3) is 0.833. The molecule has 0 amide bonds. The van der Waals surface area contributed by atoms with Crippen LogP contribution in [-0.4, -0.2) is 83.0 Å². The van der Waals surface area contributed by atoms with E-state index >= 15 is 0 Å². The summed E-state index contributed by atoms with van der Waals surface area (Å²) in [4.78, 5) is 4.87. The molecule has 7 heteroatoms. The first-order valence-corrected chi connectivity index (χ1v) is 8.68. The summed E-state index contributed by atoms with van der Waals surface area (Å²) < 4.78 is 7.43. The van der Waals surface area contributed by atoms with Crippen LogP contribution in [0.4, 0.5) is 0 Å². The van der Waals surface area contributed by atoms with Crippen molar-refractivity contribution in [1.29, 1.82) is 0 Å². The van der Waals surface area contributed by atoms with E-state index in [9.17, 15) is 0 Å². The molecule has 5 nitrogen and oxygen atoms in total. The van der Waals surface area contributed by atoms with Crippen molar-refractivity contribution in [2.45, 2.75) is 32.1 Å². The van der Waals surface area contributed by atoms with Crippen molar-refractivity contribution >= 4 is 5.90 Å². The molecule has 0 aromatic rings. The third-order valence-corrected chi connectivity index (χ3v) is 3.86. The Morgan fingerprint density at radius 2 is 1.60 bits per heavy atom. The van der Waals surface area contributed by atoms with Crippen LogP contribution in [0.25, 0.3) is 0 Å². The molecule has 0 radical (unpaired) electrons. The summed E-state index contributed by atoms with van der Waals surface area (Å²) >= 11 is 0. The third-order valence-electron chi connectivity index (χ3n) is 3.86. The molecule has 0 spiro atoms. The molecule has 0 aromatic carbocycles. The second-order valence-corrected chi connectivity index (χ2v) is 7.96. The number of halogens is 2. The highest BCUT2D eigenvalue weighted by Gasteiger charge is 2.13. The zero-order chi connectivity index (χ0) is 17.2. The molecule has 1 heterocycles. The number of nitrogens with zero attached hydrogens (tertiary/aromatic N) is 3. The quantitative estimate of drug-likeness (QED) is 0.190. The normalized spacial score (nSPS) is 13.6. The molecule has 0 unspecified atom stereocenters. The van der Waals surface area contributed by atoms with Crippen LogP contribution >= 0.6 is 0 Å². The van der Waals surface area contributed by atoms with Gasteiger partial charge in [0.2, 0.25) is 5.90 Å². The summed E-state index contributed by atoms with van der Waals surface area (Å²) in [6, 6.07) is 0. The lowest BCUT2D eigenvalue weighted by Gasteiger charge is -2.27. The number of quaternary nitrogens is 2. The molecule has 0 atom stereocenters. The maximum Gasteiger partial charge on any atom is 0.230 e. The summed E-state index contributed by atoms with van der Waals surface area (Å²) in [5.74, 6) is 6.96. The molecule has 0 aliphatic carbocycles. The molecule has 0 N–H and O–H groups in total. The number of rotatable bonds is 9. The van der Waals surface area contributed by atoms with Crippen LogP contribution in [0.3, 0.4) is 0 Å². The van der Waals surface area contributed by atoms with Crippen molar-refractivity contribution in [1.82, 2.24) is 0 Å². The van der Waals surface area contributed by atoms with Crippen LogP contribution in [-0.2, 0) is 9.57 Å². The third kappa shape index (κ3) is 15.7. The molecular formula is C18H35Br2N3O2. The minimum Gasteiger partial charge on any atom is -1.00 e. The largest absolute Gasteiger partial charge is 1.00 e. The lowest BCUT2D eigenvalue weighted by Crippen LogP contribution is -3.00. The Morgan fingerprint density at radius 1 is 0.960 bits per heavy atom. The number of hydrogen-bond acceptors (Lipinski definition) is 3. The molecule has 1 aliphatic heterocycles. The average Bonchev–Trinajstić information content (AvgIpc) is 2.94. The molecule has 25 heavy (non-hydrogen) atoms. The van der Waals surface area contributed by atoms with Crippen LogP contribution < -0.4 is 34.0 Å². The van der Waals surface area contributed by atoms with Gasteiger partial charge in [-0.05, 0) is 31.6 Å². The zero-order valence-corrected chi connectivity index (χ0v) is 19.7. The maximum atomic E-state index is 5.41. The van der Waals surface area contributed by atoms with Gasteiger partial charge >= 0.3 is 0 Å². The molecule has 1 aliphatic rings. The first-order valence-electron chi connectivity index (χ1n) is 8.68. The van der Waals surface area contributed by atoms with Crippen molar-refractivity contribution < 1.29 is 52.5 Å². The van der Waals surface area contributed by atoms with E-state index in [-0.39, 0.29) is 34.0 Å². The molecule has 0 bridgehead atoms. The Kier molecular flexibility index (Phi) is 14.9. The Balaban J connectivity index is 0. The van der Waals surface area contributed by atoms with Crippen LogP contribution in [0, 0.1) is 11.8 Å². The highest BCUT2D eigenvalue weighted by molar-refractivity contribution is 5.76. The Bertz CT molecular complexity index is 438. The van der Waals surface area contributed by atoms with Crippen molar-refractivity contribution in [2.24, 2.45) is 5.16 Å². The van der Waals surface area contributed by atoms with Gasteiger partial charge < -0.3 is 52.5 Å². The SMILES string of the molecule is C[N+](C)(C)CCCCCC[N+](C)(C)CC#CCOC1=NOCC1.[Br-].[Br-]. The molecular weight excluding hydrogens is 450 g/mol.